The van der Waals surface area contributed by atoms with E-state index in [1.54, 1.807) is 7.11 Å². The Kier molecular flexibility index (Phi) is 4.87. The van der Waals surface area contributed by atoms with E-state index in [1.807, 2.05) is 18.2 Å². The van der Waals surface area contributed by atoms with Gasteiger partial charge >= 0.3 is 0 Å². The smallest absolute Gasteiger partial charge is 0.136 e. The van der Waals surface area contributed by atoms with Crippen molar-refractivity contribution in [2.45, 2.75) is 20.4 Å². The molecule has 0 aliphatic carbocycles. The van der Waals surface area contributed by atoms with E-state index >= 15 is 0 Å². The van der Waals surface area contributed by atoms with E-state index in [0.29, 0.717) is 17.9 Å². The summed E-state index contributed by atoms with van der Waals surface area (Å²) in [4.78, 5) is 0. The molecule has 2 aromatic rings. The number of nitrogens with one attached hydrogen (secondary N) is 1. The lowest BCUT2D eigenvalue weighted by atomic mass is 10.1. The highest BCUT2D eigenvalue weighted by Crippen LogP contribution is 2.25. The second-order valence-electron chi connectivity index (χ2n) is 4.92. The first-order valence-corrected chi connectivity index (χ1v) is 7.42. The molecule has 0 saturated carbocycles. The fourth-order valence-electron chi connectivity index (χ4n) is 2.20. The zero-order chi connectivity index (χ0) is 15.4. The van der Waals surface area contributed by atoms with Crippen molar-refractivity contribution in [3.8, 4) is 11.8 Å². The highest BCUT2D eigenvalue weighted by Gasteiger charge is 2.05. The molecule has 0 fully saturated rings. The van der Waals surface area contributed by atoms with Crippen molar-refractivity contribution in [3.63, 3.8) is 0 Å². The normalized spacial score (nSPS) is 10.0. The lowest BCUT2D eigenvalue weighted by Gasteiger charge is -2.11. The third-order valence-corrected chi connectivity index (χ3v) is 4.57. The quantitative estimate of drug-likeness (QED) is 0.884. The average molecular weight is 345 g/mol. The molecule has 108 valence electrons. The first-order chi connectivity index (χ1) is 10.0. The molecule has 3 nitrogen and oxygen atoms in total. The van der Waals surface area contributed by atoms with Crippen molar-refractivity contribution in [2.24, 2.45) is 0 Å². The van der Waals surface area contributed by atoms with Crippen molar-refractivity contribution >= 4 is 21.6 Å². The number of hydrogen-bond acceptors (Lipinski definition) is 3. The molecule has 0 unspecified atom stereocenters. The molecule has 0 aliphatic rings. The standard InChI is InChI=1S/C17H17BrN2O/c1-11-6-15(7-12(2)17(11)18)20-10-13-4-5-16(21-3)14(8-13)9-19/h4-8,20H,10H2,1-3H3. The summed E-state index contributed by atoms with van der Waals surface area (Å²) in [6.45, 7) is 4.81. The molecule has 0 saturated heterocycles. The zero-order valence-corrected chi connectivity index (χ0v) is 13.9. The maximum absolute atomic E-state index is 9.11. The summed E-state index contributed by atoms with van der Waals surface area (Å²) in [5.74, 6) is 0.608. The predicted molar refractivity (Wildman–Crippen MR) is 88.7 cm³/mol. The lowest BCUT2D eigenvalue weighted by Crippen LogP contribution is -2.01. The van der Waals surface area contributed by atoms with E-state index in [-0.39, 0.29) is 0 Å². The van der Waals surface area contributed by atoms with E-state index in [0.717, 1.165) is 15.7 Å². The molecular formula is C17H17BrN2O. The van der Waals surface area contributed by atoms with Crippen LogP contribution in [0.15, 0.2) is 34.8 Å². The third-order valence-electron chi connectivity index (χ3n) is 3.32. The van der Waals surface area contributed by atoms with Gasteiger partial charge in [0.2, 0.25) is 0 Å². The van der Waals surface area contributed by atoms with Gasteiger partial charge in [0.05, 0.1) is 12.7 Å². The fourth-order valence-corrected chi connectivity index (χ4v) is 2.43. The van der Waals surface area contributed by atoms with Crippen molar-refractivity contribution in [1.82, 2.24) is 0 Å². The Morgan fingerprint density at radius 2 is 1.86 bits per heavy atom. The molecule has 1 N–H and O–H groups in total. The Morgan fingerprint density at radius 3 is 2.43 bits per heavy atom. The molecule has 0 bridgehead atoms. The lowest BCUT2D eigenvalue weighted by molar-refractivity contribution is 0.413. The minimum absolute atomic E-state index is 0.556. The van der Waals surface area contributed by atoms with Crippen molar-refractivity contribution < 1.29 is 4.74 Å². The number of aryl methyl sites for hydroxylation is 2. The Hall–Kier alpha value is -1.99. The molecule has 0 amide bonds. The monoisotopic (exact) mass is 344 g/mol. The maximum Gasteiger partial charge on any atom is 0.136 e. The van der Waals surface area contributed by atoms with Crippen molar-refractivity contribution in [1.29, 1.82) is 5.26 Å². The molecule has 0 heterocycles. The van der Waals surface area contributed by atoms with Crippen LogP contribution in [0.4, 0.5) is 5.69 Å². The largest absolute Gasteiger partial charge is 0.495 e. The number of anilines is 1. The minimum Gasteiger partial charge on any atom is -0.495 e. The highest BCUT2D eigenvalue weighted by molar-refractivity contribution is 9.10. The van der Waals surface area contributed by atoms with Gasteiger partial charge in [-0.3, -0.25) is 0 Å². The van der Waals surface area contributed by atoms with E-state index in [4.69, 9.17) is 10.00 Å². The van der Waals surface area contributed by atoms with Crippen molar-refractivity contribution in [2.75, 3.05) is 12.4 Å². The minimum atomic E-state index is 0.556. The molecule has 2 rings (SSSR count). The number of rotatable bonds is 4. The molecule has 0 atom stereocenters. The number of methoxy groups -OCH3 is 1. The first kappa shape index (κ1) is 15.4. The first-order valence-electron chi connectivity index (χ1n) is 6.62. The Bertz CT molecular complexity index is 681. The van der Waals surface area contributed by atoms with Gasteiger partial charge in [0.15, 0.2) is 0 Å². The van der Waals surface area contributed by atoms with E-state index in [2.05, 4.69) is 53.3 Å². The van der Waals surface area contributed by atoms with Gasteiger partial charge in [-0.2, -0.15) is 5.26 Å². The highest BCUT2D eigenvalue weighted by atomic mass is 79.9. The Balaban J connectivity index is 2.15. The maximum atomic E-state index is 9.11. The van der Waals surface area contributed by atoms with Crippen LogP contribution in [-0.4, -0.2) is 7.11 Å². The second-order valence-corrected chi connectivity index (χ2v) is 5.72. The Morgan fingerprint density at radius 1 is 1.19 bits per heavy atom. The van der Waals surface area contributed by atoms with Gasteiger partial charge in [0, 0.05) is 16.7 Å². The summed E-state index contributed by atoms with van der Waals surface area (Å²) in [6, 6.07) is 12.0. The van der Waals surface area contributed by atoms with Gasteiger partial charge in [-0.05, 0) is 54.8 Å². The number of halogens is 1. The van der Waals surface area contributed by atoms with Crippen LogP contribution in [0.3, 0.4) is 0 Å². The molecule has 0 aliphatic heterocycles. The third kappa shape index (κ3) is 3.56. The van der Waals surface area contributed by atoms with Crippen LogP contribution in [0.25, 0.3) is 0 Å². The summed E-state index contributed by atoms with van der Waals surface area (Å²) in [7, 11) is 1.57. The van der Waals surface area contributed by atoms with Crippen LogP contribution in [-0.2, 0) is 6.54 Å². The van der Waals surface area contributed by atoms with Crippen LogP contribution < -0.4 is 10.1 Å². The molecule has 21 heavy (non-hydrogen) atoms. The number of ether oxygens (including phenoxy) is 1. The van der Waals surface area contributed by atoms with Gasteiger partial charge in [-0.1, -0.05) is 22.0 Å². The fraction of sp³-hybridized carbons (Fsp3) is 0.235. The van der Waals surface area contributed by atoms with Crippen molar-refractivity contribution in [3.05, 3.63) is 57.1 Å². The van der Waals surface area contributed by atoms with E-state index in [1.165, 1.54) is 11.1 Å². The zero-order valence-electron chi connectivity index (χ0n) is 12.3. The summed E-state index contributed by atoms with van der Waals surface area (Å²) in [5.41, 5.74) is 5.07. The van der Waals surface area contributed by atoms with Crippen LogP contribution >= 0.6 is 15.9 Å². The molecule has 2 aromatic carbocycles. The summed E-state index contributed by atoms with van der Waals surface area (Å²) in [6.07, 6.45) is 0. The molecule has 4 heteroatoms. The SMILES string of the molecule is COc1ccc(CNc2cc(C)c(Br)c(C)c2)cc1C#N. The van der Waals surface area contributed by atoms with Gasteiger partial charge in [-0.15, -0.1) is 0 Å². The van der Waals surface area contributed by atoms with Gasteiger partial charge in [0.25, 0.3) is 0 Å². The Labute approximate surface area is 133 Å². The number of hydrogen-bond donors (Lipinski definition) is 1. The number of benzene rings is 2. The summed E-state index contributed by atoms with van der Waals surface area (Å²) < 4.78 is 6.29. The van der Waals surface area contributed by atoms with Crippen LogP contribution in [0.2, 0.25) is 0 Å². The number of nitrogens with zero attached hydrogens (tertiary/aromatic N) is 1. The molecule has 0 radical (unpaired) electrons. The van der Waals surface area contributed by atoms with Gasteiger partial charge < -0.3 is 10.1 Å². The molecular weight excluding hydrogens is 328 g/mol. The molecule has 0 aromatic heterocycles. The van der Waals surface area contributed by atoms with Crippen LogP contribution in [0.1, 0.15) is 22.3 Å². The summed E-state index contributed by atoms with van der Waals surface area (Å²) in [5, 5.41) is 12.5. The predicted octanol–water partition coefficient (Wildman–Crippen LogP) is 4.56. The van der Waals surface area contributed by atoms with Gasteiger partial charge in [0.1, 0.15) is 11.8 Å². The van der Waals surface area contributed by atoms with Crippen LogP contribution in [0.5, 0.6) is 5.75 Å². The molecule has 0 spiro atoms. The van der Waals surface area contributed by atoms with Gasteiger partial charge in [-0.25, -0.2) is 0 Å². The average Bonchev–Trinajstić information content (AvgIpc) is 2.50. The van der Waals surface area contributed by atoms with Crippen LogP contribution in [0, 0.1) is 25.2 Å². The summed E-state index contributed by atoms with van der Waals surface area (Å²) >= 11 is 3.57. The van der Waals surface area contributed by atoms with E-state index < -0.39 is 0 Å². The second kappa shape index (κ2) is 6.64. The number of nitriles is 1. The topological polar surface area (TPSA) is 45.0 Å². The van der Waals surface area contributed by atoms with E-state index in [9.17, 15) is 0 Å².